The molecule has 2 fully saturated rings. The van der Waals surface area contributed by atoms with Crippen LogP contribution in [0.15, 0.2) is 12.1 Å². The van der Waals surface area contributed by atoms with Gasteiger partial charge in [-0.05, 0) is 12.1 Å². The lowest BCUT2D eigenvalue weighted by Crippen LogP contribution is -2.44. The SMILES string of the molecule is Clc1cc(Cl)c(OC2CCOC3(CCOC3)C2)c(CBr)c1. The first kappa shape index (κ1) is 15.9. The van der Waals surface area contributed by atoms with Crippen LogP contribution in [0.5, 0.6) is 5.75 Å². The number of hydrogen-bond acceptors (Lipinski definition) is 3. The molecule has 2 aliphatic rings. The third kappa shape index (κ3) is 3.50. The number of hydrogen-bond donors (Lipinski definition) is 0. The van der Waals surface area contributed by atoms with Crippen LogP contribution < -0.4 is 4.74 Å². The fourth-order valence-electron chi connectivity index (χ4n) is 2.96. The summed E-state index contributed by atoms with van der Waals surface area (Å²) < 4.78 is 17.6. The van der Waals surface area contributed by atoms with E-state index in [4.69, 9.17) is 37.4 Å². The molecular weight excluding hydrogens is 379 g/mol. The normalized spacial score (nSPS) is 29.0. The fraction of sp³-hybridized carbons (Fsp3) is 0.600. The van der Waals surface area contributed by atoms with Gasteiger partial charge >= 0.3 is 0 Å². The second kappa shape index (κ2) is 6.63. The predicted molar refractivity (Wildman–Crippen MR) is 86.9 cm³/mol. The largest absolute Gasteiger partial charge is 0.488 e. The topological polar surface area (TPSA) is 27.7 Å². The van der Waals surface area contributed by atoms with Gasteiger partial charge in [-0.1, -0.05) is 39.1 Å². The van der Waals surface area contributed by atoms with Crippen LogP contribution in [-0.2, 0) is 14.8 Å². The third-order valence-electron chi connectivity index (χ3n) is 4.03. The van der Waals surface area contributed by atoms with Crippen LogP contribution in [0, 0.1) is 0 Å². The Bertz CT molecular complexity index is 518. The van der Waals surface area contributed by atoms with E-state index in [-0.39, 0.29) is 11.7 Å². The molecule has 1 spiro atoms. The maximum absolute atomic E-state index is 6.30. The van der Waals surface area contributed by atoms with E-state index in [1.54, 1.807) is 6.07 Å². The van der Waals surface area contributed by atoms with Crippen molar-refractivity contribution in [3.63, 3.8) is 0 Å². The highest BCUT2D eigenvalue weighted by Gasteiger charge is 2.42. The summed E-state index contributed by atoms with van der Waals surface area (Å²) in [5.41, 5.74) is 0.798. The molecule has 0 radical (unpaired) electrons. The minimum atomic E-state index is -0.170. The van der Waals surface area contributed by atoms with E-state index in [0.717, 1.165) is 37.2 Å². The predicted octanol–water partition coefficient (Wildman–Crippen LogP) is 4.61. The lowest BCUT2D eigenvalue weighted by atomic mass is 9.91. The van der Waals surface area contributed by atoms with E-state index in [2.05, 4.69) is 15.9 Å². The van der Waals surface area contributed by atoms with Crippen LogP contribution in [-0.4, -0.2) is 31.5 Å². The zero-order chi connectivity index (χ0) is 14.9. The first-order chi connectivity index (χ1) is 10.1. The van der Waals surface area contributed by atoms with Gasteiger partial charge in [0.1, 0.15) is 11.9 Å². The van der Waals surface area contributed by atoms with Crippen LogP contribution in [0.1, 0.15) is 24.8 Å². The molecule has 0 aliphatic carbocycles. The quantitative estimate of drug-likeness (QED) is 0.699. The van der Waals surface area contributed by atoms with Crippen LogP contribution in [0.2, 0.25) is 10.0 Å². The van der Waals surface area contributed by atoms with Gasteiger partial charge in [0.05, 0.1) is 23.8 Å². The molecule has 0 amide bonds. The molecule has 0 aromatic heterocycles. The van der Waals surface area contributed by atoms with Gasteiger partial charge in [0.15, 0.2) is 0 Å². The van der Waals surface area contributed by atoms with Crippen molar-refractivity contribution in [3.05, 3.63) is 27.7 Å². The minimum Gasteiger partial charge on any atom is -0.488 e. The van der Waals surface area contributed by atoms with Gasteiger partial charge in [-0.15, -0.1) is 0 Å². The zero-order valence-corrected chi connectivity index (χ0v) is 14.6. The highest BCUT2D eigenvalue weighted by molar-refractivity contribution is 9.08. The Morgan fingerprint density at radius 3 is 2.90 bits per heavy atom. The Morgan fingerprint density at radius 2 is 2.19 bits per heavy atom. The monoisotopic (exact) mass is 394 g/mol. The molecule has 1 aromatic rings. The van der Waals surface area contributed by atoms with Gasteiger partial charge < -0.3 is 14.2 Å². The minimum absolute atomic E-state index is 0.0944. The van der Waals surface area contributed by atoms with Crippen molar-refractivity contribution in [2.45, 2.75) is 36.3 Å². The van der Waals surface area contributed by atoms with Crippen LogP contribution in [0.4, 0.5) is 0 Å². The van der Waals surface area contributed by atoms with E-state index < -0.39 is 0 Å². The van der Waals surface area contributed by atoms with Crippen LogP contribution in [0.3, 0.4) is 0 Å². The molecule has 2 atom stereocenters. The van der Waals surface area contributed by atoms with Crippen molar-refractivity contribution in [3.8, 4) is 5.75 Å². The van der Waals surface area contributed by atoms with E-state index >= 15 is 0 Å². The Morgan fingerprint density at radius 1 is 1.33 bits per heavy atom. The summed E-state index contributed by atoms with van der Waals surface area (Å²) >= 11 is 15.8. The summed E-state index contributed by atoms with van der Waals surface area (Å²) in [6.07, 6.45) is 2.74. The molecule has 21 heavy (non-hydrogen) atoms. The molecule has 2 heterocycles. The summed E-state index contributed by atoms with van der Waals surface area (Å²) in [7, 11) is 0. The van der Waals surface area contributed by atoms with Gasteiger partial charge in [-0.2, -0.15) is 0 Å². The van der Waals surface area contributed by atoms with Crippen LogP contribution >= 0.6 is 39.1 Å². The molecule has 6 heteroatoms. The lowest BCUT2D eigenvalue weighted by molar-refractivity contribution is -0.112. The Kier molecular flexibility index (Phi) is 5.01. The molecule has 3 nitrogen and oxygen atoms in total. The molecule has 2 aliphatic heterocycles. The molecule has 0 bridgehead atoms. The summed E-state index contributed by atoms with van der Waals surface area (Å²) in [4.78, 5) is 0. The molecule has 116 valence electrons. The third-order valence-corrected chi connectivity index (χ3v) is 5.13. The molecule has 3 rings (SSSR count). The second-order valence-electron chi connectivity index (χ2n) is 5.58. The molecule has 0 saturated carbocycles. The molecular formula is C15H17BrCl2O3. The molecule has 2 saturated heterocycles. The van der Waals surface area contributed by atoms with Crippen molar-refractivity contribution in [2.75, 3.05) is 19.8 Å². The molecule has 2 unspecified atom stereocenters. The summed E-state index contributed by atoms with van der Waals surface area (Å²) in [5, 5.41) is 1.83. The number of alkyl halides is 1. The Hall–Kier alpha value is -0.000000000000000111. The lowest BCUT2D eigenvalue weighted by Gasteiger charge is -2.37. The zero-order valence-electron chi connectivity index (χ0n) is 11.5. The first-order valence-corrected chi connectivity index (χ1v) is 8.92. The van der Waals surface area contributed by atoms with Gasteiger partial charge in [0.25, 0.3) is 0 Å². The van der Waals surface area contributed by atoms with Crippen molar-refractivity contribution in [1.82, 2.24) is 0 Å². The highest BCUT2D eigenvalue weighted by atomic mass is 79.9. The van der Waals surface area contributed by atoms with Crippen LogP contribution in [0.25, 0.3) is 0 Å². The summed E-state index contributed by atoms with van der Waals surface area (Å²) in [6.45, 7) is 2.12. The molecule has 1 aromatic carbocycles. The van der Waals surface area contributed by atoms with Crippen molar-refractivity contribution in [2.24, 2.45) is 0 Å². The van der Waals surface area contributed by atoms with Gasteiger partial charge in [-0.25, -0.2) is 0 Å². The molecule has 0 N–H and O–H groups in total. The first-order valence-electron chi connectivity index (χ1n) is 7.04. The van der Waals surface area contributed by atoms with Crippen molar-refractivity contribution < 1.29 is 14.2 Å². The summed E-state index contributed by atoms with van der Waals surface area (Å²) in [5.74, 6) is 0.721. The fourth-order valence-corrected chi connectivity index (χ4v) is 3.95. The van der Waals surface area contributed by atoms with E-state index in [0.29, 0.717) is 28.6 Å². The van der Waals surface area contributed by atoms with Crippen molar-refractivity contribution >= 4 is 39.1 Å². The summed E-state index contributed by atoms with van der Waals surface area (Å²) in [6, 6.07) is 3.60. The van der Waals surface area contributed by atoms with Gasteiger partial charge in [-0.3, -0.25) is 0 Å². The Balaban J connectivity index is 1.77. The maximum Gasteiger partial charge on any atom is 0.142 e. The van der Waals surface area contributed by atoms with E-state index in [1.807, 2.05) is 6.07 Å². The average molecular weight is 396 g/mol. The smallest absolute Gasteiger partial charge is 0.142 e. The Labute approximate surface area is 143 Å². The van der Waals surface area contributed by atoms with Gasteiger partial charge in [0.2, 0.25) is 0 Å². The highest BCUT2D eigenvalue weighted by Crippen LogP contribution is 2.38. The van der Waals surface area contributed by atoms with E-state index in [9.17, 15) is 0 Å². The standard InChI is InChI=1S/C15H17BrCl2O3/c16-8-10-5-11(17)6-13(18)14(10)21-12-1-3-20-15(7-12)2-4-19-9-15/h5-6,12H,1-4,7-9H2. The van der Waals surface area contributed by atoms with Gasteiger partial charge in [0, 0.05) is 41.8 Å². The second-order valence-corrected chi connectivity index (χ2v) is 6.98. The maximum atomic E-state index is 6.30. The number of benzene rings is 1. The number of halogens is 3. The average Bonchev–Trinajstić information content (AvgIpc) is 2.89. The van der Waals surface area contributed by atoms with Crippen molar-refractivity contribution in [1.29, 1.82) is 0 Å². The van der Waals surface area contributed by atoms with E-state index in [1.165, 1.54) is 0 Å². The number of rotatable bonds is 3. The number of ether oxygens (including phenoxy) is 3.